The van der Waals surface area contributed by atoms with Crippen LogP contribution in [-0.4, -0.2) is 134 Å². The molecule has 7 atom stereocenters. The number of ether oxygens (including phenoxy) is 2. The number of likely N-dealkylation sites (tertiary alicyclic amines) is 1. The number of likely N-dealkylation sites (N-methyl/N-ethyl adjacent to an activating group) is 3. The molecule has 1 aliphatic rings. The number of rotatable bonds is 23. The Labute approximate surface area is 361 Å². The van der Waals surface area contributed by atoms with E-state index < -0.39 is 42.2 Å². The summed E-state index contributed by atoms with van der Waals surface area (Å²) < 4.78 is 11.4. The Morgan fingerprint density at radius 3 is 2.18 bits per heavy atom. The second-order valence-electron chi connectivity index (χ2n) is 16.3. The van der Waals surface area contributed by atoms with E-state index in [-0.39, 0.29) is 67.7 Å². The standard InChI is InChI=1S/C45H69N7O9/c1-10-15-35(23-24-38(54)52-25-14-18-36(52)42(60-9)30(4)43(57)48-31(5)41(56)33-16-12-11-13-17-33)50(7)39(55)27-47-44(58)40(29(2)3)51(8)45(59)61-28-32-19-21-34(22-20-32)49-37(53)26-46-6/h11-13,16-17,19-22,29-31,35-36,40-42,46,56H,10,14-15,18,23-28H2,1-9H3,(H,47,58)(H,48,57)(H,49,53)/t30-,31-,35+,36+,40?,41-,42-/m1/s1. The first-order valence-corrected chi connectivity index (χ1v) is 21.4. The van der Waals surface area contributed by atoms with Crippen LogP contribution in [-0.2, 0) is 40.1 Å². The third-order valence-electron chi connectivity index (χ3n) is 11.4. The van der Waals surface area contributed by atoms with Crippen LogP contribution in [0.5, 0.6) is 0 Å². The average Bonchev–Trinajstić information content (AvgIpc) is 3.73. The van der Waals surface area contributed by atoms with E-state index in [0.717, 1.165) is 12.8 Å². The van der Waals surface area contributed by atoms with Crippen LogP contribution < -0.4 is 21.3 Å². The number of hydrogen-bond acceptors (Lipinski definition) is 10. The minimum absolute atomic E-state index is 0.0483. The number of amides is 6. The van der Waals surface area contributed by atoms with E-state index in [0.29, 0.717) is 42.6 Å². The number of aliphatic hydroxyl groups excluding tert-OH is 1. The fourth-order valence-electron chi connectivity index (χ4n) is 7.89. The van der Waals surface area contributed by atoms with Gasteiger partial charge in [-0.15, -0.1) is 0 Å². The molecule has 5 N–H and O–H groups in total. The molecular weight excluding hydrogens is 783 g/mol. The van der Waals surface area contributed by atoms with Gasteiger partial charge in [0, 0.05) is 45.9 Å². The van der Waals surface area contributed by atoms with Crippen LogP contribution in [0, 0.1) is 11.8 Å². The van der Waals surface area contributed by atoms with Crippen molar-refractivity contribution in [2.45, 2.75) is 116 Å². The van der Waals surface area contributed by atoms with Gasteiger partial charge in [-0.05, 0) is 68.8 Å². The number of carbonyl (C=O) groups excluding carboxylic acids is 6. The van der Waals surface area contributed by atoms with Crippen molar-refractivity contribution in [3.05, 3.63) is 65.7 Å². The zero-order chi connectivity index (χ0) is 45.2. The lowest BCUT2D eigenvalue weighted by molar-refractivity contribution is -0.141. The summed E-state index contributed by atoms with van der Waals surface area (Å²) in [5.41, 5.74) is 2.00. The van der Waals surface area contributed by atoms with Gasteiger partial charge in [-0.2, -0.15) is 0 Å². The van der Waals surface area contributed by atoms with E-state index >= 15 is 0 Å². The van der Waals surface area contributed by atoms with Gasteiger partial charge >= 0.3 is 6.09 Å². The van der Waals surface area contributed by atoms with E-state index in [1.165, 1.54) is 11.9 Å². The molecule has 3 rings (SSSR count). The van der Waals surface area contributed by atoms with E-state index in [2.05, 4.69) is 21.3 Å². The molecule has 0 aromatic heterocycles. The van der Waals surface area contributed by atoms with Gasteiger partial charge in [0.25, 0.3) is 0 Å². The van der Waals surface area contributed by atoms with Crippen LogP contribution in [0.1, 0.15) is 90.4 Å². The van der Waals surface area contributed by atoms with Crippen LogP contribution in [0.2, 0.25) is 0 Å². The Morgan fingerprint density at radius 1 is 0.902 bits per heavy atom. The van der Waals surface area contributed by atoms with E-state index in [9.17, 15) is 33.9 Å². The highest BCUT2D eigenvalue weighted by atomic mass is 16.6. The molecule has 0 aliphatic carbocycles. The van der Waals surface area contributed by atoms with Gasteiger partial charge in [0.05, 0.1) is 43.3 Å². The Bertz CT molecular complexity index is 1730. The number of anilines is 1. The highest BCUT2D eigenvalue weighted by Gasteiger charge is 2.40. The molecule has 16 heteroatoms. The maximum atomic E-state index is 13.8. The van der Waals surface area contributed by atoms with Gasteiger partial charge in [0.2, 0.25) is 29.5 Å². The summed E-state index contributed by atoms with van der Waals surface area (Å²) in [4.78, 5) is 83.5. The van der Waals surface area contributed by atoms with Crippen molar-refractivity contribution in [3.63, 3.8) is 0 Å². The maximum absolute atomic E-state index is 13.8. The second kappa shape index (κ2) is 25.0. The van der Waals surface area contributed by atoms with E-state index in [1.807, 2.05) is 25.1 Å². The smallest absolute Gasteiger partial charge is 0.410 e. The van der Waals surface area contributed by atoms with Gasteiger partial charge in [-0.3, -0.25) is 28.9 Å². The molecule has 6 amide bonds. The van der Waals surface area contributed by atoms with E-state index in [4.69, 9.17) is 9.47 Å². The van der Waals surface area contributed by atoms with Crippen molar-refractivity contribution in [1.82, 2.24) is 30.7 Å². The van der Waals surface area contributed by atoms with Gasteiger partial charge < -0.3 is 45.6 Å². The molecule has 0 saturated carbocycles. The molecule has 1 saturated heterocycles. The summed E-state index contributed by atoms with van der Waals surface area (Å²) >= 11 is 0. The van der Waals surface area contributed by atoms with Crippen LogP contribution in [0.15, 0.2) is 54.6 Å². The molecule has 0 spiro atoms. The number of carbonyl (C=O) groups is 6. The van der Waals surface area contributed by atoms with Crippen LogP contribution in [0.25, 0.3) is 0 Å². The van der Waals surface area contributed by atoms with Crippen LogP contribution >= 0.6 is 0 Å². The first kappa shape index (κ1) is 50.3. The Morgan fingerprint density at radius 2 is 1.57 bits per heavy atom. The molecule has 0 bridgehead atoms. The molecule has 2 aromatic rings. The maximum Gasteiger partial charge on any atom is 0.410 e. The molecular formula is C45H69N7O9. The minimum Gasteiger partial charge on any atom is -0.445 e. The van der Waals surface area contributed by atoms with Crippen LogP contribution in [0.4, 0.5) is 10.5 Å². The monoisotopic (exact) mass is 852 g/mol. The number of hydrogen-bond donors (Lipinski definition) is 5. The van der Waals surface area contributed by atoms with Gasteiger partial charge in [0.1, 0.15) is 12.6 Å². The molecule has 1 unspecified atom stereocenters. The summed E-state index contributed by atoms with van der Waals surface area (Å²) in [5.74, 6) is -2.28. The average molecular weight is 852 g/mol. The molecule has 61 heavy (non-hydrogen) atoms. The Hall–Kier alpha value is -5.06. The normalized spacial score (nSPS) is 16.7. The summed E-state index contributed by atoms with van der Waals surface area (Å²) in [6.07, 6.45) is 1.29. The third-order valence-corrected chi connectivity index (χ3v) is 11.4. The van der Waals surface area contributed by atoms with Gasteiger partial charge in [-0.1, -0.05) is 76.6 Å². The summed E-state index contributed by atoms with van der Waals surface area (Å²) in [7, 11) is 6.36. The highest BCUT2D eigenvalue weighted by molar-refractivity contribution is 5.92. The number of methoxy groups -OCH3 is 1. The lowest BCUT2D eigenvalue weighted by Crippen LogP contribution is -2.53. The minimum atomic E-state index is -0.915. The number of benzene rings is 2. The van der Waals surface area contributed by atoms with Crippen molar-refractivity contribution in [2.24, 2.45) is 11.8 Å². The first-order chi connectivity index (χ1) is 29.0. The van der Waals surface area contributed by atoms with Crippen molar-refractivity contribution < 1.29 is 43.3 Å². The van der Waals surface area contributed by atoms with Gasteiger partial charge in [0.15, 0.2) is 0 Å². The topological polar surface area (TPSA) is 199 Å². The first-order valence-electron chi connectivity index (χ1n) is 21.4. The fourth-order valence-corrected chi connectivity index (χ4v) is 7.89. The zero-order valence-corrected chi connectivity index (χ0v) is 37.4. The molecule has 1 fully saturated rings. The predicted molar refractivity (Wildman–Crippen MR) is 233 cm³/mol. The SMILES string of the molecule is CCC[C@@H](CCC(=O)N1CCC[C@H]1[C@H](OC)[C@@H](C)C(=O)N[C@H](C)[C@@H](O)c1ccccc1)N(C)C(=O)CNC(=O)C(C(C)C)N(C)C(=O)OCc1ccc(NC(=O)CNC)cc1. The van der Waals surface area contributed by atoms with E-state index in [1.54, 1.807) is 95.1 Å². The van der Waals surface area contributed by atoms with Crippen LogP contribution in [0.3, 0.4) is 0 Å². The van der Waals surface area contributed by atoms with Crippen molar-refractivity contribution in [2.75, 3.05) is 53.2 Å². The zero-order valence-electron chi connectivity index (χ0n) is 37.4. The van der Waals surface area contributed by atoms with Crippen molar-refractivity contribution in [3.8, 4) is 0 Å². The largest absolute Gasteiger partial charge is 0.445 e. The lowest BCUT2D eigenvalue weighted by Gasteiger charge is -2.35. The molecule has 1 aliphatic heterocycles. The molecule has 16 nitrogen and oxygen atoms in total. The number of aliphatic hydroxyl groups is 1. The summed E-state index contributed by atoms with van der Waals surface area (Å²) in [6, 6.07) is 14.0. The molecule has 1 heterocycles. The number of nitrogens with one attached hydrogen (secondary N) is 4. The summed E-state index contributed by atoms with van der Waals surface area (Å²) in [5, 5.41) is 22.0. The Kier molecular flexibility index (Phi) is 20.6. The predicted octanol–water partition coefficient (Wildman–Crippen LogP) is 3.84. The quantitative estimate of drug-likeness (QED) is 0.110. The van der Waals surface area contributed by atoms with Crippen molar-refractivity contribution >= 4 is 41.3 Å². The fraction of sp³-hybridized carbons (Fsp3) is 0.600. The Balaban J connectivity index is 1.53. The van der Waals surface area contributed by atoms with Gasteiger partial charge in [-0.25, -0.2) is 4.79 Å². The molecule has 0 radical (unpaired) electrons. The van der Waals surface area contributed by atoms with Crippen molar-refractivity contribution in [1.29, 1.82) is 0 Å². The second-order valence-corrected chi connectivity index (χ2v) is 16.3. The molecule has 2 aromatic carbocycles. The summed E-state index contributed by atoms with van der Waals surface area (Å²) in [6.45, 7) is 9.49. The number of nitrogens with zero attached hydrogens (tertiary/aromatic N) is 3. The lowest BCUT2D eigenvalue weighted by atomic mass is 9.93. The third kappa shape index (κ3) is 14.8. The highest BCUT2D eigenvalue weighted by Crippen LogP contribution is 2.28. The molecule has 338 valence electrons.